The van der Waals surface area contributed by atoms with Crippen molar-refractivity contribution in [2.45, 2.75) is 32.9 Å². The van der Waals surface area contributed by atoms with Gasteiger partial charge in [0, 0.05) is 11.0 Å². The molecule has 0 aliphatic rings. The van der Waals surface area contributed by atoms with Gasteiger partial charge in [0.05, 0.1) is 17.9 Å². The van der Waals surface area contributed by atoms with E-state index in [9.17, 15) is 0 Å². The molecule has 0 saturated carbocycles. The number of hydrogen-bond acceptors (Lipinski definition) is 3. The van der Waals surface area contributed by atoms with Crippen molar-refractivity contribution in [3.63, 3.8) is 0 Å². The molecule has 0 aliphatic heterocycles. The van der Waals surface area contributed by atoms with Gasteiger partial charge in [0.25, 0.3) is 0 Å². The number of benzene rings is 1. The Labute approximate surface area is 115 Å². The molecule has 1 aromatic heterocycles. The van der Waals surface area contributed by atoms with Crippen LogP contribution >= 0.6 is 15.9 Å². The molecule has 2 rings (SSSR count). The van der Waals surface area contributed by atoms with Crippen LogP contribution in [0.4, 0.5) is 0 Å². The van der Waals surface area contributed by atoms with Gasteiger partial charge in [-0.3, -0.25) is 0 Å². The largest absolute Gasteiger partial charge is 0.325 e. The van der Waals surface area contributed by atoms with Crippen molar-refractivity contribution in [3.05, 3.63) is 45.7 Å². The fourth-order valence-electron chi connectivity index (χ4n) is 2.01. The molecule has 96 valence electrons. The molecular weight excluding hydrogens is 292 g/mol. The van der Waals surface area contributed by atoms with Crippen LogP contribution < -0.4 is 5.73 Å². The van der Waals surface area contributed by atoms with Crippen molar-refractivity contribution in [3.8, 4) is 0 Å². The van der Waals surface area contributed by atoms with E-state index >= 15 is 0 Å². The number of aromatic nitrogens is 3. The van der Waals surface area contributed by atoms with E-state index in [1.165, 1.54) is 5.56 Å². The van der Waals surface area contributed by atoms with Crippen LogP contribution in [-0.4, -0.2) is 15.0 Å². The van der Waals surface area contributed by atoms with Crippen LogP contribution in [0.25, 0.3) is 0 Å². The van der Waals surface area contributed by atoms with Gasteiger partial charge in [0.1, 0.15) is 0 Å². The number of rotatable bonds is 4. The number of halogens is 1. The summed E-state index contributed by atoms with van der Waals surface area (Å²) in [6.45, 7) is 5.44. The molecule has 0 unspecified atom stereocenters. The first-order chi connectivity index (χ1) is 8.61. The molecule has 1 aromatic carbocycles. The highest BCUT2D eigenvalue weighted by molar-refractivity contribution is 9.10. The van der Waals surface area contributed by atoms with Crippen molar-refractivity contribution in [1.29, 1.82) is 0 Å². The summed E-state index contributed by atoms with van der Waals surface area (Å²) in [6.07, 6.45) is 0. The maximum absolute atomic E-state index is 5.69. The van der Waals surface area contributed by atoms with E-state index in [0.29, 0.717) is 12.5 Å². The van der Waals surface area contributed by atoms with Gasteiger partial charge < -0.3 is 5.73 Å². The highest BCUT2D eigenvalue weighted by Crippen LogP contribution is 2.19. The van der Waals surface area contributed by atoms with Gasteiger partial charge in [-0.2, -0.15) is 0 Å². The third-order valence-electron chi connectivity index (χ3n) is 2.83. The van der Waals surface area contributed by atoms with Gasteiger partial charge in [0.2, 0.25) is 0 Å². The van der Waals surface area contributed by atoms with Crippen LogP contribution in [0, 0.1) is 0 Å². The zero-order chi connectivity index (χ0) is 13.1. The summed E-state index contributed by atoms with van der Waals surface area (Å²) < 4.78 is 3.02. The predicted molar refractivity (Wildman–Crippen MR) is 75.2 cm³/mol. The summed E-state index contributed by atoms with van der Waals surface area (Å²) >= 11 is 3.43. The highest BCUT2D eigenvalue weighted by atomic mass is 79.9. The second-order valence-electron chi connectivity index (χ2n) is 4.56. The van der Waals surface area contributed by atoms with Crippen molar-refractivity contribution in [2.24, 2.45) is 5.73 Å². The summed E-state index contributed by atoms with van der Waals surface area (Å²) in [5.41, 5.74) is 8.91. The van der Waals surface area contributed by atoms with E-state index in [4.69, 9.17) is 5.73 Å². The standard InChI is InChI=1S/C13H17BrN4/c1-9(2)13-12(7-15)16-17-18(13)8-10-3-5-11(14)6-4-10/h3-6,9H,7-8,15H2,1-2H3. The SMILES string of the molecule is CC(C)c1c(CN)nnn1Cc1ccc(Br)cc1. The van der Waals surface area contributed by atoms with E-state index in [2.05, 4.69) is 52.2 Å². The van der Waals surface area contributed by atoms with E-state index in [1.54, 1.807) is 0 Å². The Bertz CT molecular complexity index is 516. The Morgan fingerprint density at radius 1 is 1.28 bits per heavy atom. The summed E-state index contributed by atoms with van der Waals surface area (Å²) in [5.74, 6) is 0.369. The Kier molecular flexibility index (Phi) is 4.14. The van der Waals surface area contributed by atoms with Gasteiger partial charge in [-0.05, 0) is 23.6 Å². The highest BCUT2D eigenvalue weighted by Gasteiger charge is 2.14. The molecule has 0 spiro atoms. The first-order valence-corrected chi connectivity index (χ1v) is 6.78. The molecule has 0 atom stereocenters. The van der Waals surface area contributed by atoms with E-state index in [-0.39, 0.29) is 0 Å². The molecule has 1 heterocycles. The van der Waals surface area contributed by atoms with Crippen LogP contribution in [0.2, 0.25) is 0 Å². The average molecular weight is 309 g/mol. The third kappa shape index (κ3) is 2.79. The molecule has 2 N–H and O–H groups in total. The minimum Gasteiger partial charge on any atom is -0.325 e. The molecule has 18 heavy (non-hydrogen) atoms. The van der Waals surface area contributed by atoms with Crippen LogP contribution in [0.1, 0.15) is 36.7 Å². The lowest BCUT2D eigenvalue weighted by atomic mass is 10.1. The van der Waals surface area contributed by atoms with Gasteiger partial charge in [-0.1, -0.05) is 47.1 Å². The number of nitrogens with two attached hydrogens (primary N) is 1. The fraction of sp³-hybridized carbons (Fsp3) is 0.385. The molecule has 2 aromatic rings. The molecule has 4 nitrogen and oxygen atoms in total. The zero-order valence-corrected chi connectivity index (χ0v) is 12.2. The van der Waals surface area contributed by atoms with Crippen LogP contribution in [0.15, 0.2) is 28.7 Å². The van der Waals surface area contributed by atoms with E-state index in [0.717, 1.165) is 22.4 Å². The third-order valence-corrected chi connectivity index (χ3v) is 3.36. The van der Waals surface area contributed by atoms with E-state index < -0.39 is 0 Å². The van der Waals surface area contributed by atoms with Gasteiger partial charge in [0.15, 0.2) is 0 Å². The average Bonchev–Trinajstić information content (AvgIpc) is 2.75. The van der Waals surface area contributed by atoms with Crippen molar-refractivity contribution < 1.29 is 0 Å². The normalized spacial score (nSPS) is 11.2. The molecule has 0 fully saturated rings. The predicted octanol–water partition coefficient (Wildman–Crippen LogP) is 2.67. The molecule has 5 heteroatoms. The summed E-state index contributed by atoms with van der Waals surface area (Å²) in [4.78, 5) is 0. The minimum atomic E-state index is 0.369. The second kappa shape index (κ2) is 5.63. The smallest absolute Gasteiger partial charge is 0.0997 e. The lowest BCUT2D eigenvalue weighted by molar-refractivity contribution is 0.597. The first kappa shape index (κ1) is 13.2. The lowest BCUT2D eigenvalue weighted by Crippen LogP contribution is -2.10. The number of nitrogens with zero attached hydrogens (tertiary/aromatic N) is 3. The maximum atomic E-state index is 5.69. The van der Waals surface area contributed by atoms with Gasteiger partial charge >= 0.3 is 0 Å². The lowest BCUT2D eigenvalue weighted by Gasteiger charge is -2.10. The fourth-order valence-corrected chi connectivity index (χ4v) is 2.28. The Balaban J connectivity index is 2.28. The van der Waals surface area contributed by atoms with Gasteiger partial charge in [-0.15, -0.1) is 5.10 Å². The van der Waals surface area contributed by atoms with Crippen LogP contribution in [0.3, 0.4) is 0 Å². The monoisotopic (exact) mass is 308 g/mol. The molecular formula is C13H17BrN4. The van der Waals surface area contributed by atoms with Crippen molar-refractivity contribution in [2.75, 3.05) is 0 Å². The minimum absolute atomic E-state index is 0.369. The van der Waals surface area contributed by atoms with E-state index in [1.807, 2.05) is 16.8 Å². The zero-order valence-electron chi connectivity index (χ0n) is 10.6. The Hall–Kier alpha value is -1.20. The Morgan fingerprint density at radius 3 is 2.50 bits per heavy atom. The van der Waals surface area contributed by atoms with Crippen LogP contribution in [0.5, 0.6) is 0 Å². The molecule has 0 aliphatic carbocycles. The van der Waals surface area contributed by atoms with Crippen LogP contribution in [-0.2, 0) is 13.1 Å². The molecule has 0 saturated heterocycles. The summed E-state index contributed by atoms with van der Waals surface area (Å²) in [7, 11) is 0. The molecule has 0 bridgehead atoms. The summed E-state index contributed by atoms with van der Waals surface area (Å²) in [6, 6.07) is 8.23. The topological polar surface area (TPSA) is 56.7 Å². The number of hydrogen-bond donors (Lipinski definition) is 1. The summed E-state index contributed by atoms with van der Waals surface area (Å²) in [5, 5.41) is 8.35. The van der Waals surface area contributed by atoms with Crippen molar-refractivity contribution >= 4 is 15.9 Å². The maximum Gasteiger partial charge on any atom is 0.0997 e. The molecule has 0 radical (unpaired) electrons. The van der Waals surface area contributed by atoms with Gasteiger partial charge in [-0.25, -0.2) is 4.68 Å². The van der Waals surface area contributed by atoms with Crippen molar-refractivity contribution in [1.82, 2.24) is 15.0 Å². The molecule has 0 amide bonds. The Morgan fingerprint density at radius 2 is 1.94 bits per heavy atom. The quantitative estimate of drug-likeness (QED) is 0.944. The second-order valence-corrected chi connectivity index (χ2v) is 5.48. The first-order valence-electron chi connectivity index (χ1n) is 5.98.